The molecule has 1 unspecified atom stereocenters. The molecule has 6 heteroatoms. The molecule has 0 radical (unpaired) electrons. The lowest BCUT2D eigenvalue weighted by Gasteiger charge is -2.30. The van der Waals surface area contributed by atoms with Gasteiger partial charge in [-0.1, -0.05) is 36.7 Å². The van der Waals surface area contributed by atoms with Crippen molar-refractivity contribution < 1.29 is 13.9 Å². The molecule has 5 nitrogen and oxygen atoms in total. The second kappa shape index (κ2) is 8.24. The van der Waals surface area contributed by atoms with Gasteiger partial charge in [0.1, 0.15) is 12.0 Å². The van der Waals surface area contributed by atoms with Gasteiger partial charge in [-0.25, -0.2) is 4.98 Å². The van der Waals surface area contributed by atoms with Crippen LogP contribution in [0.3, 0.4) is 0 Å². The number of rotatable bonds is 5. The zero-order valence-corrected chi connectivity index (χ0v) is 14.6. The summed E-state index contributed by atoms with van der Waals surface area (Å²) in [7, 11) is 1.66. The monoisotopic (exact) mass is 346 g/mol. The summed E-state index contributed by atoms with van der Waals surface area (Å²) in [6.07, 6.45) is 7.50. The molecule has 1 atom stereocenters. The Morgan fingerprint density at radius 1 is 1.33 bits per heavy atom. The van der Waals surface area contributed by atoms with Gasteiger partial charge in [0.05, 0.1) is 25.1 Å². The van der Waals surface area contributed by atoms with Crippen molar-refractivity contribution in [1.82, 2.24) is 9.88 Å². The number of hydrogen-bond donors (Lipinski definition) is 0. The Morgan fingerprint density at radius 2 is 2.17 bits per heavy atom. The maximum Gasteiger partial charge on any atom is 0.256 e. The summed E-state index contributed by atoms with van der Waals surface area (Å²) in [5.74, 6) is 1.33. The number of amides is 1. The molecule has 128 valence electrons. The third-order valence-corrected chi connectivity index (χ3v) is 5.14. The van der Waals surface area contributed by atoms with E-state index in [9.17, 15) is 4.79 Å². The third kappa shape index (κ3) is 4.12. The number of methoxy groups -OCH3 is 1. The van der Waals surface area contributed by atoms with Crippen LogP contribution in [-0.2, 0) is 4.79 Å². The molecule has 0 N–H and O–H groups in total. The van der Waals surface area contributed by atoms with Crippen LogP contribution in [0.15, 0.2) is 46.4 Å². The van der Waals surface area contributed by atoms with Crippen LogP contribution in [0.5, 0.6) is 5.75 Å². The van der Waals surface area contributed by atoms with E-state index in [0.717, 1.165) is 31.6 Å². The first-order chi connectivity index (χ1) is 11.8. The number of thioether (sulfide) groups is 1. The van der Waals surface area contributed by atoms with Gasteiger partial charge in [-0.2, -0.15) is 0 Å². The fraction of sp³-hybridized carbons (Fsp3) is 0.444. The number of likely N-dealkylation sites (tertiary alicyclic amines) is 1. The molecule has 1 fully saturated rings. The van der Waals surface area contributed by atoms with Gasteiger partial charge in [0.15, 0.2) is 0 Å². The predicted molar refractivity (Wildman–Crippen MR) is 93.1 cm³/mol. The molecule has 3 rings (SSSR count). The zero-order chi connectivity index (χ0) is 16.8. The first-order valence-electron chi connectivity index (χ1n) is 8.23. The van der Waals surface area contributed by atoms with Gasteiger partial charge in [0, 0.05) is 6.54 Å². The number of aromatic nitrogens is 1. The first kappa shape index (κ1) is 16.9. The summed E-state index contributed by atoms with van der Waals surface area (Å²) in [6.45, 7) is 0.807. The minimum atomic E-state index is 0.135. The van der Waals surface area contributed by atoms with Crippen molar-refractivity contribution in [3.8, 4) is 5.75 Å². The molecule has 1 aromatic heterocycles. The van der Waals surface area contributed by atoms with Crippen LogP contribution in [0, 0.1) is 0 Å². The van der Waals surface area contributed by atoms with Gasteiger partial charge in [-0.05, 0) is 30.5 Å². The van der Waals surface area contributed by atoms with E-state index >= 15 is 0 Å². The topological polar surface area (TPSA) is 55.6 Å². The summed E-state index contributed by atoms with van der Waals surface area (Å²) in [5.41, 5.74) is 1.17. The largest absolute Gasteiger partial charge is 0.497 e. The summed E-state index contributed by atoms with van der Waals surface area (Å²) in [4.78, 5) is 18.8. The molecule has 0 saturated carbocycles. The highest BCUT2D eigenvalue weighted by Gasteiger charge is 2.27. The standard InChI is InChI=1S/C18H22N2O3S/c1-22-15-8-6-14(7-9-15)16-5-3-2-4-11-20(16)17(21)13-24-18-19-10-12-23-18/h6-10,12,16H,2-5,11,13H2,1H3. The van der Waals surface area contributed by atoms with Gasteiger partial charge in [0.25, 0.3) is 5.22 Å². The Balaban J connectivity index is 1.72. The van der Waals surface area contributed by atoms with E-state index in [1.54, 1.807) is 13.3 Å². The smallest absolute Gasteiger partial charge is 0.256 e. The molecule has 0 bridgehead atoms. The summed E-state index contributed by atoms with van der Waals surface area (Å²) in [6, 6.07) is 8.19. The number of ether oxygens (including phenoxy) is 1. The number of oxazole rings is 1. The quantitative estimate of drug-likeness (QED) is 0.768. The van der Waals surface area contributed by atoms with Gasteiger partial charge in [-0.15, -0.1) is 0 Å². The Labute approximate surface area is 146 Å². The van der Waals surface area contributed by atoms with Crippen molar-refractivity contribution in [2.75, 3.05) is 19.4 Å². The summed E-state index contributed by atoms with van der Waals surface area (Å²) >= 11 is 1.35. The number of carbonyl (C=O) groups excluding carboxylic acids is 1. The Morgan fingerprint density at radius 3 is 2.88 bits per heavy atom. The maximum absolute atomic E-state index is 12.8. The molecule has 1 amide bonds. The Hall–Kier alpha value is -1.95. The van der Waals surface area contributed by atoms with Gasteiger partial charge in [-0.3, -0.25) is 4.79 Å². The van der Waals surface area contributed by atoms with Crippen molar-refractivity contribution >= 4 is 17.7 Å². The Kier molecular flexibility index (Phi) is 5.80. The molecular formula is C18H22N2O3S. The van der Waals surface area contributed by atoms with Crippen molar-refractivity contribution in [1.29, 1.82) is 0 Å². The highest BCUT2D eigenvalue weighted by atomic mass is 32.2. The zero-order valence-electron chi connectivity index (χ0n) is 13.8. The molecular weight excluding hydrogens is 324 g/mol. The van der Waals surface area contributed by atoms with Crippen LogP contribution in [0.25, 0.3) is 0 Å². The third-order valence-electron chi connectivity index (χ3n) is 4.30. The number of nitrogens with zero attached hydrogens (tertiary/aromatic N) is 2. The van der Waals surface area contributed by atoms with Crippen molar-refractivity contribution in [2.24, 2.45) is 0 Å². The highest BCUT2D eigenvalue weighted by Crippen LogP contribution is 2.32. The van der Waals surface area contributed by atoms with E-state index in [2.05, 4.69) is 17.1 Å². The highest BCUT2D eigenvalue weighted by molar-refractivity contribution is 7.99. The summed E-state index contributed by atoms with van der Waals surface area (Å²) in [5, 5.41) is 0.541. The molecule has 1 aliphatic heterocycles. The molecule has 1 aliphatic rings. The van der Waals surface area contributed by atoms with E-state index in [1.807, 2.05) is 17.0 Å². The number of hydrogen-bond acceptors (Lipinski definition) is 5. The van der Waals surface area contributed by atoms with Crippen LogP contribution < -0.4 is 4.74 Å². The lowest BCUT2D eigenvalue weighted by molar-refractivity contribution is -0.130. The molecule has 2 aromatic rings. The second-order valence-corrected chi connectivity index (χ2v) is 6.74. The van der Waals surface area contributed by atoms with E-state index < -0.39 is 0 Å². The van der Waals surface area contributed by atoms with Crippen molar-refractivity contribution in [3.63, 3.8) is 0 Å². The van der Waals surface area contributed by atoms with E-state index in [1.165, 1.54) is 30.0 Å². The molecule has 24 heavy (non-hydrogen) atoms. The van der Waals surface area contributed by atoms with E-state index in [-0.39, 0.29) is 11.9 Å². The minimum Gasteiger partial charge on any atom is -0.497 e. The van der Waals surface area contributed by atoms with Crippen LogP contribution in [-0.4, -0.2) is 35.2 Å². The average Bonchev–Trinajstić information content (AvgIpc) is 3.02. The predicted octanol–water partition coefficient (Wildman–Crippen LogP) is 3.92. The van der Waals surface area contributed by atoms with Gasteiger partial charge < -0.3 is 14.1 Å². The van der Waals surface area contributed by atoms with Crippen LogP contribution in [0.1, 0.15) is 37.3 Å². The molecule has 2 heterocycles. The van der Waals surface area contributed by atoms with Crippen LogP contribution in [0.2, 0.25) is 0 Å². The number of benzene rings is 1. The molecule has 1 aromatic carbocycles. The van der Waals surface area contributed by atoms with Crippen molar-refractivity contribution in [2.45, 2.75) is 36.9 Å². The van der Waals surface area contributed by atoms with E-state index in [4.69, 9.17) is 9.15 Å². The molecule has 0 aliphatic carbocycles. The maximum atomic E-state index is 12.8. The molecule has 0 spiro atoms. The fourth-order valence-electron chi connectivity index (χ4n) is 3.07. The van der Waals surface area contributed by atoms with Crippen LogP contribution in [0.4, 0.5) is 0 Å². The van der Waals surface area contributed by atoms with Gasteiger partial charge in [0.2, 0.25) is 5.91 Å². The molecule has 1 saturated heterocycles. The fourth-order valence-corrected chi connectivity index (χ4v) is 3.74. The minimum absolute atomic E-state index is 0.135. The normalized spacial score (nSPS) is 18.2. The average molecular weight is 346 g/mol. The second-order valence-electron chi connectivity index (χ2n) is 5.81. The lowest BCUT2D eigenvalue weighted by atomic mass is 10.0. The Bertz CT molecular complexity index is 643. The SMILES string of the molecule is COc1ccc(C2CCCCCN2C(=O)CSc2ncco2)cc1. The van der Waals surface area contributed by atoms with Gasteiger partial charge >= 0.3 is 0 Å². The lowest BCUT2D eigenvalue weighted by Crippen LogP contribution is -2.36. The summed E-state index contributed by atoms with van der Waals surface area (Å²) < 4.78 is 10.4. The van der Waals surface area contributed by atoms with Crippen molar-refractivity contribution in [3.05, 3.63) is 42.3 Å². The van der Waals surface area contributed by atoms with E-state index in [0.29, 0.717) is 11.0 Å². The number of carbonyl (C=O) groups is 1. The first-order valence-corrected chi connectivity index (χ1v) is 9.22. The van der Waals surface area contributed by atoms with Crippen LogP contribution >= 0.6 is 11.8 Å².